The van der Waals surface area contributed by atoms with Crippen LogP contribution in [-0.4, -0.2) is 20.6 Å². The number of rotatable bonds is 4. The summed E-state index contributed by atoms with van der Waals surface area (Å²) in [4.78, 5) is 27.4. The predicted octanol–water partition coefficient (Wildman–Crippen LogP) is 1.86. The molecule has 1 heterocycles. The van der Waals surface area contributed by atoms with Crippen molar-refractivity contribution in [2.24, 2.45) is 0 Å². The highest BCUT2D eigenvalue weighted by Crippen LogP contribution is 2.07. The van der Waals surface area contributed by atoms with E-state index in [1.165, 1.54) is 17.0 Å². The van der Waals surface area contributed by atoms with Crippen molar-refractivity contribution in [3.63, 3.8) is 0 Å². The van der Waals surface area contributed by atoms with Crippen LogP contribution in [0.3, 0.4) is 0 Å². The molecule has 0 saturated carbocycles. The minimum absolute atomic E-state index is 0.0856. The Balaban J connectivity index is 2.36. The zero-order valence-electron chi connectivity index (χ0n) is 11.5. The van der Waals surface area contributed by atoms with Gasteiger partial charge in [0.1, 0.15) is 0 Å². The lowest BCUT2D eigenvalue weighted by atomic mass is 10.1. The molecule has 0 aliphatic rings. The van der Waals surface area contributed by atoms with Gasteiger partial charge in [-0.1, -0.05) is 19.1 Å². The molecule has 0 unspecified atom stereocenters. The summed E-state index contributed by atoms with van der Waals surface area (Å²) in [6, 6.07) is 6.56. The monoisotopic (exact) mass is 272 g/mol. The van der Waals surface area contributed by atoms with Crippen molar-refractivity contribution in [2.45, 2.75) is 26.8 Å². The van der Waals surface area contributed by atoms with Crippen molar-refractivity contribution >= 4 is 5.97 Å². The first kappa shape index (κ1) is 14.0. The van der Waals surface area contributed by atoms with E-state index >= 15 is 0 Å². The van der Waals surface area contributed by atoms with E-state index in [4.69, 9.17) is 5.11 Å². The Kier molecular flexibility index (Phi) is 3.98. The van der Waals surface area contributed by atoms with Crippen LogP contribution in [0.2, 0.25) is 0 Å². The van der Waals surface area contributed by atoms with Gasteiger partial charge in [-0.25, -0.2) is 9.78 Å². The first-order valence-electron chi connectivity index (χ1n) is 6.40. The average molecular weight is 272 g/mol. The van der Waals surface area contributed by atoms with Crippen LogP contribution >= 0.6 is 0 Å². The van der Waals surface area contributed by atoms with Gasteiger partial charge in [0, 0.05) is 5.56 Å². The zero-order chi connectivity index (χ0) is 14.7. The lowest BCUT2D eigenvalue weighted by Gasteiger charge is -2.09. The Morgan fingerprint density at radius 2 is 2.15 bits per heavy atom. The van der Waals surface area contributed by atoms with Gasteiger partial charge in [0.15, 0.2) is 0 Å². The molecular weight excluding hydrogens is 256 g/mol. The van der Waals surface area contributed by atoms with Crippen LogP contribution in [0.5, 0.6) is 0 Å². The van der Waals surface area contributed by atoms with Crippen LogP contribution in [0.4, 0.5) is 0 Å². The quantitative estimate of drug-likeness (QED) is 0.922. The first-order chi connectivity index (χ1) is 9.52. The molecule has 0 spiro atoms. The molecule has 5 heteroatoms. The van der Waals surface area contributed by atoms with Gasteiger partial charge in [-0.15, -0.1) is 0 Å². The van der Waals surface area contributed by atoms with E-state index in [9.17, 15) is 9.59 Å². The third kappa shape index (κ3) is 2.77. The Bertz CT molecular complexity index is 705. The summed E-state index contributed by atoms with van der Waals surface area (Å²) in [7, 11) is 0. The number of aromatic carboxylic acids is 1. The SMILES string of the molecule is CCc1ncn(Cc2cccc(C(=O)O)c2)c(=O)c1C. The van der Waals surface area contributed by atoms with E-state index in [0.717, 1.165) is 17.7 Å². The molecule has 0 amide bonds. The second-order valence-corrected chi connectivity index (χ2v) is 4.61. The van der Waals surface area contributed by atoms with E-state index in [2.05, 4.69) is 4.98 Å². The molecule has 0 radical (unpaired) electrons. The molecule has 0 aliphatic carbocycles. The summed E-state index contributed by atoms with van der Waals surface area (Å²) in [5.41, 5.74) is 2.33. The summed E-state index contributed by atoms with van der Waals surface area (Å²) in [5, 5.41) is 8.96. The Hall–Kier alpha value is -2.43. The van der Waals surface area contributed by atoms with Crippen molar-refractivity contribution < 1.29 is 9.90 Å². The zero-order valence-corrected chi connectivity index (χ0v) is 11.5. The van der Waals surface area contributed by atoms with E-state index in [-0.39, 0.29) is 11.1 Å². The van der Waals surface area contributed by atoms with E-state index in [0.29, 0.717) is 12.1 Å². The van der Waals surface area contributed by atoms with Crippen LogP contribution in [0.25, 0.3) is 0 Å². The Labute approximate surface area is 116 Å². The van der Waals surface area contributed by atoms with Crippen molar-refractivity contribution in [1.29, 1.82) is 0 Å². The number of carboxylic acids is 1. The largest absolute Gasteiger partial charge is 0.478 e. The van der Waals surface area contributed by atoms with Gasteiger partial charge in [0.05, 0.1) is 24.1 Å². The predicted molar refractivity (Wildman–Crippen MR) is 75.1 cm³/mol. The maximum absolute atomic E-state index is 12.2. The molecule has 0 aliphatic heterocycles. The number of carbonyl (C=O) groups is 1. The molecule has 104 valence electrons. The summed E-state index contributed by atoms with van der Waals surface area (Å²) in [5.74, 6) is -0.977. The van der Waals surface area contributed by atoms with Crippen LogP contribution in [0.1, 0.15) is 34.1 Å². The van der Waals surface area contributed by atoms with Crippen LogP contribution in [0.15, 0.2) is 35.4 Å². The minimum atomic E-state index is -0.977. The molecule has 0 fully saturated rings. The van der Waals surface area contributed by atoms with E-state index in [1.807, 2.05) is 6.92 Å². The Morgan fingerprint density at radius 3 is 2.80 bits per heavy atom. The fourth-order valence-electron chi connectivity index (χ4n) is 2.10. The molecule has 0 saturated heterocycles. The van der Waals surface area contributed by atoms with Gasteiger partial charge >= 0.3 is 5.97 Å². The fraction of sp³-hybridized carbons (Fsp3) is 0.267. The third-order valence-corrected chi connectivity index (χ3v) is 3.23. The molecule has 1 N–H and O–H groups in total. The normalized spacial score (nSPS) is 10.5. The summed E-state index contributed by atoms with van der Waals surface area (Å²) in [6.45, 7) is 4.03. The third-order valence-electron chi connectivity index (χ3n) is 3.23. The fourth-order valence-corrected chi connectivity index (χ4v) is 2.10. The van der Waals surface area contributed by atoms with Gasteiger partial charge in [-0.2, -0.15) is 0 Å². The van der Waals surface area contributed by atoms with Crippen molar-refractivity contribution in [3.8, 4) is 0 Å². The number of carboxylic acid groups (broad SMARTS) is 1. The molecule has 1 aromatic carbocycles. The summed E-state index contributed by atoms with van der Waals surface area (Å²) in [6.07, 6.45) is 2.23. The van der Waals surface area contributed by atoms with E-state index in [1.54, 1.807) is 25.1 Å². The number of aryl methyl sites for hydroxylation is 1. The molecule has 20 heavy (non-hydrogen) atoms. The van der Waals surface area contributed by atoms with Gasteiger partial charge in [-0.05, 0) is 31.0 Å². The number of hydrogen-bond donors (Lipinski definition) is 1. The Morgan fingerprint density at radius 1 is 1.40 bits per heavy atom. The molecule has 5 nitrogen and oxygen atoms in total. The lowest BCUT2D eigenvalue weighted by molar-refractivity contribution is 0.0696. The summed E-state index contributed by atoms with van der Waals surface area (Å²) < 4.78 is 1.50. The standard InChI is InChI=1S/C15H16N2O3/c1-3-13-10(2)14(18)17(9-16-13)8-11-5-4-6-12(7-11)15(19)20/h4-7,9H,3,8H2,1-2H3,(H,19,20). The smallest absolute Gasteiger partial charge is 0.335 e. The van der Waals surface area contributed by atoms with Gasteiger partial charge in [-0.3, -0.25) is 9.36 Å². The minimum Gasteiger partial charge on any atom is -0.478 e. The van der Waals surface area contributed by atoms with Gasteiger partial charge in [0.2, 0.25) is 0 Å². The highest BCUT2D eigenvalue weighted by atomic mass is 16.4. The van der Waals surface area contributed by atoms with Crippen LogP contribution in [0, 0.1) is 6.92 Å². The molecule has 2 aromatic rings. The maximum Gasteiger partial charge on any atom is 0.335 e. The molecular formula is C15H16N2O3. The van der Waals surface area contributed by atoms with Gasteiger partial charge < -0.3 is 5.11 Å². The second kappa shape index (κ2) is 5.69. The number of hydrogen-bond acceptors (Lipinski definition) is 3. The number of aromatic nitrogens is 2. The lowest BCUT2D eigenvalue weighted by Crippen LogP contribution is -2.25. The van der Waals surface area contributed by atoms with E-state index < -0.39 is 5.97 Å². The highest BCUT2D eigenvalue weighted by molar-refractivity contribution is 5.87. The molecule has 0 bridgehead atoms. The van der Waals surface area contributed by atoms with Crippen molar-refractivity contribution in [2.75, 3.05) is 0 Å². The molecule has 0 atom stereocenters. The number of benzene rings is 1. The maximum atomic E-state index is 12.2. The van der Waals surface area contributed by atoms with Crippen molar-refractivity contribution in [1.82, 2.24) is 9.55 Å². The second-order valence-electron chi connectivity index (χ2n) is 4.61. The average Bonchev–Trinajstić information content (AvgIpc) is 2.44. The van der Waals surface area contributed by atoms with Crippen molar-refractivity contribution in [3.05, 3.63) is 63.3 Å². The molecule has 1 aromatic heterocycles. The summed E-state index contributed by atoms with van der Waals surface area (Å²) >= 11 is 0. The van der Waals surface area contributed by atoms with Gasteiger partial charge in [0.25, 0.3) is 5.56 Å². The van der Waals surface area contributed by atoms with Crippen LogP contribution in [-0.2, 0) is 13.0 Å². The topological polar surface area (TPSA) is 72.2 Å². The highest BCUT2D eigenvalue weighted by Gasteiger charge is 2.08. The first-order valence-corrected chi connectivity index (χ1v) is 6.40. The number of nitrogens with zero attached hydrogens (tertiary/aromatic N) is 2. The van der Waals surface area contributed by atoms with Crippen LogP contribution < -0.4 is 5.56 Å². The molecule has 2 rings (SSSR count).